The molecule has 2 atom stereocenters. The number of carbonyl (C=O) groups is 2. The van der Waals surface area contributed by atoms with Crippen LogP contribution in [0.4, 0.5) is 4.79 Å². The van der Waals surface area contributed by atoms with Gasteiger partial charge in [0, 0.05) is 5.75 Å². The highest BCUT2D eigenvalue weighted by atomic mass is 32.2. The minimum absolute atomic E-state index is 0.0389. The maximum absolute atomic E-state index is 12.0. The molecule has 1 aliphatic rings. The van der Waals surface area contributed by atoms with Gasteiger partial charge in [0.2, 0.25) is 0 Å². The van der Waals surface area contributed by atoms with Gasteiger partial charge in [-0.05, 0) is 12.1 Å². The molecular formula is C12H13NO5S. The first-order valence-corrected chi connectivity index (χ1v) is 6.64. The van der Waals surface area contributed by atoms with E-state index in [-0.39, 0.29) is 6.61 Å². The number of carbonyl (C=O) groups excluding carboxylic acids is 1. The fourth-order valence-corrected chi connectivity index (χ4v) is 3.14. The van der Waals surface area contributed by atoms with Crippen LogP contribution < -0.4 is 0 Å². The predicted octanol–water partition coefficient (Wildman–Crippen LogP) is 2.10. The van der Waals surface area contributed by atoms with Gasteiger partial charge >= 0.3 is 12.1 Å². The fourth-order valence-electron chi connectivity index (χ4n) is 1.78. The van der Waals surface area contributed by atoms with Crippen molar-refractivity contribution in [2.24, 2.45) is 0 Å². The van der Waals surface area contributed by atoms with Crippen molar-refractivity contribution in [1.29, 1.82) is 0 Å². The summed E-state index contributed by atoms with van der Waals surface area (Å²) in [6, 6.07) is 2.48. The van der Waals surface area contributed by atoms with Crippen molar-refractivity contribution in [1.82, 2.24) is 4.90 Å². The van der Waals surface area contributed by atoms with Crippen molar-refractivity contribution in [3.05, 3.63) is 36.8 Å². The smallest absolute Gasteiger partial charge is 0.412 e. The highest BCUT2D eigenvalue weighted by Gasteiger charge is 2.44. The summed E-state index contributed by atoms with van der Waals surface area (Å²) in [5, 5.41) is 8.68. The lowest BCUT2D eigenvalue weighted by Crippen LogP contribution is -2.43. The van der Waals surface area contributed by atoms with E-state index < -0.39 is 23.5 Å². The monoisotopic (exact) mass is 283 g/mol. The second kappa shape index (κ2) is 5.83. The molecule has 2 heterocycles. The second-order valence-corrected chi connectivity index (χ2v) is 4.94. The van der Waals surface area contributed by atoms with E-state index in [1.54, 1.807) is 12.1 Å². The Kier molecular flexibility index (Phi) is 4.16. The molecule has 1 N–H and O–H groups in total. The van der Waals surface area contributed by atoms with Crippen LogP contribution in [0.25, 0.3) is 0 Å². The van der Waals surface area contributed by atoms with Crippen molar-refractivity contribution in [2.75, 3.05) is 12.4 Å². The maximum atomic E-state index is 12.0. The molecule has 19 heavy (non-hydrogen) atoms. The third kappa shape index (κ3) is 2.76. The second-order valence-electron chi connectivity index (χ2n) is 3.83. The number of furan rings is 1. The molecule has 6 nitrogen and oxygen atoms in total. The molecule has 0 aliphatic carbocycles. The van der Waals surface area contributed by atoms with Crippen molar-refractivity contribution in [3.8, 4) is 0 Å². The van der Waals surface area contributed by atoms with Crippen LogP contribution in [-0.2, 0) is 9.53 Å². The van der Waals surface area contributed by atoms with Gasteiger partial charge in [-0.3, -0.25) is 4.90 Å². The number of ether oxygens (including phenoxy) is 1. The van der Waals surface area contributed by atoms with Crippen molar-refractivity contribution in [2.45, 2.75) is 11.4 Å². The first kappa shape index (κ1) is 13.5. The maximum Gasteiger partial charge on any atom is 0.412 e. The molecule has 0 radical (unpaired) electrons. The van der Waals surface area contributed by atoms with Crippen molar-refractivity contribution < 1.29 is 23.8 Å². The van der Waals surface area contributed by atoms with Crippen LogP contribution in [0.3, 0.4) is 0 Å². The lowest BCUT2D eigenvalue weighted by molar-refractivity contribution is -0.141. The van der Waals surface area contributed by atoms with Crippen LogP contribution in [0, 0.1) is 0 Å². The molecule has 2 rings (SSSR count). The minimum Gasteiger partial charge on any atom is -0.480 e. The van der Waals surface area contributed by atoms with Gasteiger partial charge in [0.05, 0.1) is 6.26 Å². The number of aliphatic carboxylic acids is 1. The van der Waals surface area contributed by atoms with Gasteiger partial charge in [-0.1, -0.05) is 12.7 Å². The van der Waals surface area contributed by atoms with E-state index in [9.17, 15) is 9.59 Å². The molecule has 0 aromatic carbocycles. The third-order valence-corrected chi connectivity index (χ3v) is 3.89. The van der Waals surface area contributed by atoms with E-state index in [4.69, 9.17) is 14.3 Å². The number of carboxylic acid groups (broad SMARTS) is 1. The zero-order valence-electron chi connectivity index (χ0n) is 10.0. The molecule has 102 valence electrons. The quantitative estimate of drug-likeness (QED) is 0.852. The van der Waals surface area contributed by atoms with Gasteiger partial charge in [-0.15, -0.1) is 11.8 Å². The Morgan fingerprint density at radius 2 is 2.47 bits per heavy atom. The van der Waals surface area contributed by atoms with Crippen LogP contribution >= 0.6 is 11.8 Å². The number of rotatable bonds is 4. The molecule has 0 bridgehead atoms. The molecule has 1 amide bonds. The summed E-state index contributed by atoms with van der Waals surface area (Å²) >= 11 is 1.33. The van der Waals surface area contributed by atoms with Gasteiger partial charge in [-0.2, -0.15) is 0 Å². The van der Waals surface area contributed by atoms with E-state index in [2.05, 4.69) is 6.58 Å². The summed E-state index contributed by atoms with van der Waals surface area (Å²) < 4.78 is 10.2. The van der Waals surface area contributed by atoms with Gasteiger partial charge in [0.25, 0.3) is 0 Å². The number of hydrogen-bond acceptors (Lipinski definition) is 5. The van der Waals surface area contributed by atoms with E-state index >= 15 is 0 Å². The Morgan fingerprint density at radius 3 is 3.05 bits per heavy atom. The van der Waals surface area contributed by atoms with Crippen LogP contribution in [0.15, 0.2) is 35.5 Å². The van der Waals surface area contributed by atoms with Crippen molar-refractivity contribution in [3.63, 3.8) is 0 Å². The summed E-state index contributed by atoms with van der Waals surface area (Å²) in [6.45, 7) is 3.49. The molecule has 0 saturated carbocycles. The summed E-state index contributed by atoms with van der Waals surface area (Å²) in [5.74, 6) is -0.231. The minimum atomic E-state index is -1.06. The topological polar surface area (TPSA) is 80.0 Å². The summed E-state index contributed by atoms with van der Waals surface area (Å²) in [4.78, 5) is 24.3. The van der Waals surface area contributed by atoms with Crippen LogP contribution in [0.5, 0.6) is 0 Å². The first-order valence-electron chi connectivity index (χ1n) is 5.59. The third-order valence-electron chi connectivity index (χ3n) is 2.61. The fraction of sp³-hybridized carbons (Fsp3) is 0.333. The van der Waals surface area contributed by atoms with E-state index in [1.807, 2.05) is 0 Å². The zero-order chi connectivity index (χ0) is 13.8. The average Bonchev–Trinajstić information content (AvgIpc) is 3.02. The Labute approximate surface area is 114 Å². The molecule has 1 aliphatic heterocycles. The molecule has 0 spiro atoms. The lowest BCUT2D eigenvalue weighted by Gasteiger charge is -2.24. The summed E-state index contributed by atoms with van der Waals surface area (Å²) in [6.07, 6.45) is 2.23. The molecular weight excluding hydrogens is 270 g/mol. The molecule has 1 aromatic heterocycles. The van der Waals surface area contributed by atoms with E-state index in [0.29, 0.717) is 11.5 Å². The number of hydrogen-bond donors (Lipinski definition) is 1. The number of carboxylic acids is 1. The Bertz CT molecular complexity index is 472. The van der Waals surface area contributed by atoms with Gasteiger partial charge in [0.1, 0.15) is 23.8 Å². The van der Waals surface area contributed by atoms with Gasteiger partial charge in [0.15, 0.2) is 0 Å². The number of nitrogens with zero attached hydrogens (tertiary/aromatic N) is 1. The summed E-state index contributed by atoms with van der Waals surface area (Å²) in [7, 11) is 0. The Morgan fingerprint density at radius 1 is 1.68 bits per heavy atom. The number of amides is 1. The predicted molar refractivity (Wildman–Crippen MR) is 68.7 cm³/mol. The number of thioether (sulfide) groups is 1. The van der Waals surface area contributed by atoms with Gasteiger partial charge < -0.3 is 14.3 Å². The largest absolute Gasteiger partial charge is 0.480 e. The standard InChI is InChI=1S/C12H13NO5S/c1-2-5-18-12(16)13-8(11(14)15)7-19-10(13)9-4-3-6-17-9/h2-4,6,8,10H,1,5,7H2,(H,14,15). The van der Waals surface area contributed by atoms with Crippen LogP contribution in [-0.4, -0.2) is 40.5 Å². The lowest BCUT2D eigenvalue weighted by atomic mass is 10.3. The molecule has 7 heteroatoms. The van der Waals surface area contributed by atoms with E-state index in [1.165, 1.54) is 29.0 Å². The highest BCUT2D eigenvalue weighted by molar-refractivity contribution is 7.99. The average molecular weight is 283 g/mol. The normalized spacial score (nSPS) is 22.2. The van der Waals surface area contributed by atoms with E-state index in [0.717, 1.165) is 0 Å². The molecule has 1 aromatic rings. The van der Waals surface area contributed by atoms with Crippen molar-refractivity contribution >= 4 is 23.8 Å². The Hall–Kier alpha value is -1.89. The summed E-state index contributed by atoms with van der Waals surface area (Å²) in [5.41, 5.74) is 0. The van der Waals surface area contributed by atoms with Crippen LogP contribution in [0.1, 0.15) is 11.1 Å². The zero-order valence-corrected chi connectivity index (χ0v) is 10.8. The molecule has 1 fully saturated rings. The Balaban J connectivity index is 2.21. The highest BCUT2D eigenvalue weighted by Crippen LogP contribution is 2.41. The molecule has 2 unspecified atom stereocenters. The first-order chi connectivity index (χ1) is 9.15. The molecule has 1 saturated heterocycles. The van der Waals surface area contributed by atoms with Crippen LogP contribution in [0.2, 0.25) is 0 Å². The van der Waals surface area contributed by atoms with Gasteiger partial charge in [-0.25, -0.2) is 9.59 Å². The SMILES string of the molecule is C=CCOC(=O)N1C(C(=O)O)CSC1c1ccco1.